The lowest BCUT2D eigenvalue weighted by atomic mass is 10.0. The first kappa shape index (κ1) is 17.0. The molecule has 1 aliphatic rings. The summed E-state index contributed by atoms with van der Waals surface area (Å²) in [5.74, 6) is 0.694. The van der Waals surface area contributed by atoms with Crippen molar-refractivity contribution in [2.24, 2.45) is 0 Å². The number of benzene rings is 1. The Hall–Kier alpha value is -1.85. The van der Waals surface area contributed by atoms with Crippen molar-refractivity contribution in [3.8, 4) is 0 Å². The second kappa shape index (κ2) is 7.81. The molecule has 1 fully saturated rings. The fourth-order valence-electron chi connectivity index (χ4n) is 3.32. The fraction of sp³-hybridized carbons (Fsp3) is 0.474. The molecule has 0 saturated carbocycles. The molecule has 1 atom stereocenters. The summed E-state index contributed by atoms with van der Waals surface area (Å²) in [5.41, 5.74) is 1.92. The van der Waals surface area contributed by atoms with Crippen molar-refractivity contribution in [3.63, 3.8) is 0 Å². The van der Waals surface area contributed by atoms with E-state index in [2.05, 4.69) is 26.8 Å². The highest BCUT2D eigenvalue weighted by atomic mass is 19.1. The van der Waals surface area contributed by atoms with E-state index >= 15 is 0 Å². The molecule has 5 heteroatoms. The SMILES string of the molecule is Cc1ncc(CN(C)C2CCCN(Cc3ccccc3F)C2)cn1. The minimum Gasteiger partial charge on any atom is -0.298 e. The van der Waals surface area contributed by atoms with Gasteiger partial charge < -0.3 is 0 Å². The Bertz CT molecular complexity index is 659. The number of piperidine rings is 1. The van der Waals surface area contributed by atoms with Gasteiger partial charge in [-0.15, -0.1) is 0 Å². The Morgan fingerprint density at radius 2 is 2.00 bits per heavy atom. The minimum absolute atomic E-state index is 0.107. The van der Waals surface area contributed by atoms with Gasteiger partial charge in [0.2, 0.25) is 0 Å². The van der Waals surface area contributed by atoms with Gasteiger partial charge in [0.05, 0.1) is 0 Å². The van der Waals surface area contributed by atoms with Gasteiger partial charge in [-0.1, -0.05) is 18.2 Å². The van der Waals surface area contributed by atoms with E-state index in [9.17, 15) is 4.39 Å². The maximum absolute atomic E-state index is 13.9. The molecule has 4 nitrogen and oxygen atoms in total. The van der Waals surface area contributed by atoms with E-state index in [4.69, 9.17) is 0 Å². The molecule has 3 rings (SSSR count). The van der Waals surface area contributed by atoms with Gasteiger partial charge in [0.1, 0.15) is 11.6 Å². The van der Waals surface area contributed by atoms with Gasteiger partial charge in [-0.25, -0.2) is 14.4 Å². The van der Waals surface area contributed by atoms with Crippen molar-refractivity contribution in [3.05, 3.63) is 59.4 Å². The normalized spacial score (nSPS) is 18.9. The number of halogens is 1. The molecule has 0 spiro atoms. The summed E-state index contributed by atoms with van der Waals surface area (Å²) < 4.78 is 13.9. The molecule has 1 aromatic carbocycles. The average molecular weight is 328 g/mol. The second-order valence-corrected chi connectivity index (χ2v) is 6.68. The second-order valence-electron chi connectivity index (χ2n) is 6.68. The van der Waals surface area contributed by atoms with Crippen LogP contribution in [0.2, 0.25) is 0 Å². The average Bonchev–Trinajstić information content (AvgIpc) is 2.59. The maximum atomic E-state index is 13.9. The molecule has 1 aromatic heterocycles. The predicted molar refractivity (Wildman–Crippen MR) is 92.9 cm³/mol. The van der Waals surface area contributed by atoms with Crippen molar-refractivity contribution in [1.29, 1.82) is 0 Å². The van der Waals surface area contributed by atoms with Crippen LogP contribution in [0.3, 0.4) is 0 Å². The van der Waals surface area contributed by atoms with E-state index in [-0.39, 0.29) is 5.82 Å². The molecule has 1 saturated heterocycles. The first-order chi connectivity index (χ1) is 11.6. The van der Waals surface area contributed by atoms with E-state index in [1.54, 1.807) is 12.1 Å². The van der Waals surface area contributed by atoms with Crippen LogP contribution in [-0.4, -0.2) is 45.9 Å². The molecule has 0 aliphatic carbocycles. The lowest BCUT2D eigenvalue weighted by molar-refractivity contribution is 0.106. The summed E-state index contributed by atoms with van der Waals surface area (Å²) in [4.78, 5) is 13.3. The van der Waals surface area contributed by atoms with Crippen LogP contribution in [0.1, 0.15) is 29.8 Å². The third-order valence-electron chi connectivity index (χ3n) is 4.72. The summed E-state index contributed by atoms with van der Waals surface area (Å²) >= 11 is 0. The van der Waals surface area contributed by atoms with Gasteiger partial charge in [-0.05, 0) is 39.4 Å². The molecular formula is C19H25FN4. The molecule has 2 aromatic rings. The Kier molecular flexibility index (Phi) is 5.53. The van der Waals surface area contributed by atoms with Gasteiger partial charge in [-0.3, -0.25) is 9.80 Å². The third-order valence-corrected chi connectivity index (χ3v) is 4.72. The number of aromatic nitrogens is 2. The molecule has 2 heterocycles. The molecular weight excluding hydrogens is 303 g/mol. The van der Waals surface area contributed by atoms with Crippen LogP contribution in [-0.2, 0) is 13.1 Å². The van der Waals surface area contributed by atoms with E-state index in [0.29, 0.717) is 12.6 Å². The van der Waals surface area contributed by atoms with Crippen molar-refractivity contribution >= 4 is 0 Å². The Labute approximate surface area is 143 Å². The number of rotatable bonds is 5. The fourth-order valence-corrected chi connectivity index (χ4v) is 3.32. The van der Waals surface area contributed by atoms with Crippen LogP contribution >= 0.6 is 0 Å². The first-order valence-corrected chi connectivity index (χ1v) is 8.55. The smallest absolute Gasteiger partial charge is 0.127 e. The van der Waals surface area contributed by atoms with Gasteiger partial charge >= 0.3 is 0 Å². The van der Waals surface area contributed by atoms with Gasteiger partial charge in [0.15, 0.2) is 0 Å². The number of nitrogens with zero attached hydrogens (tertiary/aromatic N) is 4. The zero-order valence-electron chi connectivity index (χ0n) is 14.5. The van der Waals surface area contributed by atoms with E-state index < -0.39 is 0 Å². The lowest BCUT2D eigenvalue weighted by Crippen LogP contribution is -2.45. The maximum Gasteiger partial charge on any atom is 0.127 e. The van der Waals surface area contributed by atoms with Gasteiger partial charge in [0.25, 0.3) is 0 Å². The molecule has 128 valence electrons. The molecule has 0 amide bonds. The standard InChI is InChI=1S/C19H25FN4/c1-15-21-10-16(11-22-15)12-23(2)18-7-5-9-24(14-18)13-17-6-3-4-8-19(17)20/h3-4,6,8,10-11,18H,5,7,9,12-14H2,1-2H3. The molecule has 0 radical (unpaired) electrons. The monoisotopic (exact) mass is 328 g/mol. The summed E-state index contributed by atoms with van der Waals surface area (Å²) in [6.07, 6.45) is 6.13. The lowest BCUT2D eigenvalue weighted by Gasteiger charge is -2.37. The Morgan fingerprint density at radius 3 is 2.75 bits per heavy atom. The summed E-state index contributed by atoms with van der Waals surface area (Å²) in [7, 11) is 2.15. The van der Waals surface area contributed by atoms with E-state index in [1.165, 1.54) is 6.42 Å². The highest BCUT2D eigenvalue weighted by Gasteiger charge is 2.23. The van der Waals surface area contributed by atoms with Crippen LogP contribution in [0.15, 0.2) is 36.7 Å². The van der Waals surface area contributed by atoms with Crippen LogP contribution in [0, 0.1) is 12.7 Å². The highest BCUT2D eigenvalue weighted by Crippen LogP contribution is 2.19. The van der Waals surface area contributed by atoms with Crippen LogP contribution in [0.5, 0.6) is 0 Å². The summed E-state index contributed by atoms with van der Waals surface area (Å²) in [5, 5.41) is 0. The first-order valence-electron chi connectivity index (χ1n) is 8.55. The highest BCUT2D eigenvalue weighted by molar-refractivity contribution is 5.17. The predicted octanol–water partition coefficient (Wildman–Crippen LogP) is 3.02. The van der Waals surface area contributed by atoms with Crippen molar-refractivity contribution < 1.29 is 4.39 Å². The molecule has 0 bridgehead atoms. The van der Waals surface area contributed by atoms with Crippen LogP contribution in [0.25, 0.3) is 0 Å². The van der Waals surface area contributed by atoms with Crippen molar-refractivity contribution in [2.75, 3.05) is 20.1 Å². The van der Waals surface area contributed by atoms with E-state index in [0.717, 1.165) is 43.0 Å². The molecule has 24 heavy (non-hydrogen) atoms. The van der Waals surface area contributed by atoms with Crippen LogP contribution < -0.4 is 0 Å². The minimum atomic E-state index is -0.107. The van der Waals surface area contributed by atoms with Gasteiger partial charge in [-0.2, -0.15) is 0 Å². The molecule has 1 aliphatic heterocycles. The number of likely N-dealkylation sites (N-methyl/N-ethyl adjacent to an activating group) is 1. The topological polar surface area (TPSA) is 32.3 Å². The van der Waals surface area contributed by atoms with Gasteiger partial charge in [0, 0.05) is 49.2 Å². The quantitative estimate of drug-likeness (QED) is 0.844. The third kappa shape index (κ3) is 4.36. The zero-order chi connectivity index (χ0) is 16.9. The Balaban J connectivity index is 1.58. The number of aryl methyl sites for hydroxylation is 1. The van der Waals surface area contributed by atoms with E-state index in [1.807, 2.05) is 31.5 Å². The molecule has 1 unspecified atom stereocenters. The van der Waals surface area contributed by atoms with Crippen molar-refractivity contribution in [1.82, 2.24) is 19.8 Å². The van der Waals surface area contributed by atoms with Crippen molar-refractivity contribution in [2.45, 2.75) is 38.9 Å². The number of likely N-dealkylation sites (tertiary alicyclic amines) is 1. The summed E-state index contributed by atoms with van der Waals surface area (Å²) in [6.45, 7) is 5.43. The number of hydrogen-bond acceptors (Lipinski definition) is 4. The van der Waals surface area contributed by atoms with Crippen LogP contribution in [0.4, 0.5) is 4.39 Å². The molecule has 0 N–H and O–H groups in total. The zero-order valence-corrected chi connectivity index (χ0v) is 14.5. The largest absolute Gasteiger partial charge is 0.298 e. The Morgan fingerprint density at radius 1 is 1.25 bits per heavy atom. The number of hydrogen-bond donors (Lipinski definition) is 0. The summed E-state index contributed by atoms with van der Waals surface area (Å²) in [6, 6.07) is 7.55.